The van der Waals surface area contributed by atoms with Crippen molar-refractivity contribution < 1.29 is 8.42 Å². The molecule has 1 heterocycles. The van der Waals surface area contributed by atoms with Crippen LogP contribution in [0.4, 0.5) is 0 Å². The van der Waals surface area contributed by atoms with Crippen LogP contribution in [-0.4, -0.2) is 68.1 Å². The molecule has 0 unspecified atom stereocenters. The second-order valence-corrected chi connectivity index (χ2v) is 7.09. The lowest BCUT2D eigenvalue weighted by molar-refractivity contribution is 0.332. The fraction of sp³-hybridized carbons (Fsp3) is 0.769. The third-order valence-corrected chi connectivity index (χ3v) is 5.03. The van der Waals surface area contributed by atoms with Gasteiger partial charge >= 0.3 is 0 Å². The largest absolute Gasteiger partial charge is 0.313 e. The molecular weight excluding hydrogens is 290 g/mol. The summed E-state index contributed by atoms with van der Waals surface area (Å²) in [6, 6.07) is 0. The van der Waals surface area contributed by atoms with Crippen LogP contribution in [0.25, 0.3) is 0 Å². The monoisotopic (exact) mass is 317 g/mol. The van der Waals surface area contributed by atoms with Crippen LogP contribution in [0.3, 0.4) is 0 Å². The maximum absolute atomic E-state index is 12.8. The third-order valence-electron chi connectivity index (χ3n) is 3.11. The summed E-state index contributed by atoms with van der Waals surface area (Å²) in [6.07, 6.45) is 2.36. The minimum Gasteiger partial charge on any atom is -0.313 e. The van der Waals surface area contributed by atoms with E-state index in [1.165, 1.54) is 4.31 Å². The Morgan fingerprint density at radius 3 is 2.52 bits per heavy atom. The number of H-pyrrole nitrogens is 1. The number of aromatic amines is 1. The summed E-state index contributed by atoms with van der Waals surface area (Å²) < 4.78 is 27.1. The van der Waals surface area contributed by atoms with Gasteiger partial charge in [-0.05, 0) is 27.1 Å². The van der Waals surface area contributed by atoms with Crippen molar-refractivity contribution in [2.45, 2.75) is 31.8 Å². The lowest BCUT2D eigenvalue weighted by Gasteiger charge is -2.23. The summed E-state index contributed by atoms with van der Waals surface area (Å²) in [5.41, 5.74) is 0.683. The van der Waals surface area contributed by atoms with E-state index < -0.39 is 10.0 Å². The number of sulfonamides is 1. The molecule has 8 heteroatoms. The number of nitrogens with one attached hydrogen (secondary N) is 2. The zero-order chi connectivity index (χ0) is 15.9. The predicted molar refractivity (Wildman–Crippen MR) is 83.6 cm³/mol. The maximum atomic E-state index is 12.8. The molecule has 0 atom stereocenters. The van der Waals surface area contributed by atoms with E-state index in [4.69, 9.17) is 0 Å². The average molecular weight is 317 g/mol. The van der Waals surface area contributed by atoms with Gasteiger partial charge in [0.1, 0.15) is 0 Å². The quantitative estimate of drug-likeness (QED) is 0.656. The molecule has 0 aliphatic carbocycles. The van der Waals surface area contributed by atoms with Crippen LogP contribution >= 0.6 is 0 Å². The highest BCUT2D eigenvalue weighted by Gasteiger charge is 2.27. The van der Waals surface area contributed by atoms with Gasteiger partial charge in [-0.25, -0.2) is 8.42 Å². The number of nitrogens with zero attached hydrogens (tertiary/aromatic N) is 3. The van der Waals surface area contributed by atoms with E-state index in [2.05, 4.69) is 15.5 Å². The number of hydrogen-bond acceptors (Lipinski definition) is 5. The number of hydrogen-bond donors (Lipinski definition) is 2. The summed E-state index contributed by atoms with van der Waals surface area (Å²) in [5, 5.41) is 9.88. The van der Waals surface area contributed by atoms with Gasteiger partial charge in [0.15, 0.2) is 5.03 Å². The van der Waals surface area contributed by atoms with Crippen molar-refractivity contribution in [3.8, 4) is 0 Å². The van der Waals surface area contributed by atoms with Gasteiger partial charge < -0.3 is 10.2 Å². The van der Waals surface area contributed by atoms with Crippen molar-refractivity contribution in [2.75, 3.05) is 40.3 Å². The van der Waals surface area contributed by atoms with Gasteiger partial charge in [-0.1, -0.05) is 13.8 Å². The molecule has 0 amide bonds. The molecule has 122 valence electrons. The topological polar surface area (TPSA) is 81.3 Å². The summed E-state index contributed by atoms with van der Waals surface area (Å²) in [6.45, 7) is 6.91. The fourth-order valence-corrected chi connectivity index (χ4v) is 3.58. The highest BCUT2D eigenvalue weighted by Crippen LogP contribution is 2.17. The summed E-state index contributed by atoms with van der Waals surface area (Å²) in [7, 11) is 0.340. The van der Waals surface area contributed by atoms with Crippen molar-refractivity contribution in [3.63, 3.8) is 0 Å². The second kappa shape index (κ2) is 8.47. The first-order valence-electron chi connectivity index (χ1n) is 7.31. The fourth-order valence-electron chi connectivity index (χ4n) is 1.95. The lowest BCUT2D eigenvalue weighted by atomic mass is 10.3. The predicted octanol–water partition coefficient (Wildman–Crippen LogP) is 0.482. The number of rotatable bonds is 10. The molecule has 7 nitrogen and oxygen atoms in total. The van der Waals surface area contributed by atoms with Gasteiger partial charge in [0.2, 0.25) is 0 Å². The van der Waals surface area contributed by atoms with Crippen LogP contribution in [-0.2, 0) is 16.6 Å². The summed E-state index contributed by atoms with van der Waals surface area (Å²) in [4.78, 5) is 1.98. The number of likely N-dealkylation sites (N-methyl/N-ethyl adjacent to an activating group) is 1. The minimum absolute atomic E-state index is 0.204. The van der Waals surface area contributed by atoms with Crippen LogP contribution in [0.2, 0.25) is 0 Å². The molecule has 21 heavy (non-hydrogen) atoms. The first-order chi connectivity index (χ1) is 9.93. The molecule has 0 fully saturated rings. The van der Waals surface area contributed by atoms with Crippen molar-refractivity contribution in [1.29, 1.82) is 0 Å². The van der Waals surface area contributed by atoms with Crippen LogP contribution in [0.15, 0.2) is 11.2 Å². The molecule has 1 aromatic heterocycles. The van der Waals surface area contributed by atoms with E-state index >= 15 is 0 Å². The molecule has 0 saturated carbocycles. The van der Waals surface area contributed by atoms with Crippen molar-refractivity contribution in [1.82, 2.24) is 24.7 Å². The molecule has 2 N–H and O–H groups in total. The summed E-state index contributed by atoms with van der Waals surface area (Å²) in [5.74, 6) is 0. The third kappa shape index (κ3) is 5.06. The van der Waals surface area contributed by atoms with E-state index in [0.717, 1.165) is 13.0 Å². The summed E-state index contributed by atoms with van der Waals surface area (Å²) >= 11 is 0. The Morgan fingerprint density at radius 2 is 1.95 bits per heavy atom. The molecule has 0 radical (unpaired) electrons. The van der Waals surface area contributed by atoms with Gasteiger partial charge in [-0.3, -0.25) is 5.10 Å². The number of aromatic nitrogens is 2. The Bertz CT molecular complexity index is 512. The normalized spacial score (nSPS) is 12.5. The van der Waals surface area contributed by atoms with E-state index in [1.807, 2.05) is 32.8 Å². The van der Waals surface area contributed by atoms with Crippen molar-refractivity contribution >= 4 is 10.0 Å². The Labute approximate surface area is 127 Å². The van der Waals surface area contributed by atoms with Gasteiger partial charge in [0.05, 0.1) is 6.20 Å². The SMILES string of the molecule is CCCN(CCN(C)C)S(=O)(=O)c1[nH]ncc1CNCC. The van der Waals surface area contributed by atoms with E-state index in [9.17, 15) is 8.42 Å². The highest BCUT2D eigenvalue weighted by molar-refractivity contribution is 7.89. The maximum Gasteiger partial charge on any atom is 0.260 e. The van der Waals surface area contributed by atoms with E-state index in [-0.39, 0.29) is 5.03 Å². The molecule has 0 aliphatic heterocycles. The molecule has 1 rings (SSSR count). The molecular formula is C13H27N5O2S. The van der Waals surface area contributed by atoms with Crippen LogP contribution in [0, 0.1) is 0 Å². The van der Waals surface area contributed by atoms with Crippen molar-refractivity contribution in [2.24, 2.45) is 0 Å². The molecule has 1 aromatic rings. The van der Waals surface area contributed by atoms with Gasteiger partial charge in [-0.15, -0.1) is 0 Å². The van der Waals surface area contributed by atoms with Gasteiger partial charge in [0.25, 0.3) is 10.0 Å². The molecule has 0 aliphatic rings. The van der Waals surface area contributed by atoms with E-state index in [0.29, 0.717) is 31.7 Å². The molecule has 0 bridgehead atoms. The lowest BCUT2D eigenvalue weighted by Crippen LogP contribution is -2.37. The zero-order valence-corrected chi connectivity index (χ0v) is 14.2. The highest BCUT2D eigenvalue weighted by atomic mass is 32.2. The Kier molecular flexibility index (Phi) is 7.30. The molecule has 0 aromatic carbocycles. The molecule has 0 spiro atoms. The minimum atomic E-state index is -3.53. The first-order valence-corrected chi connectivity index (χ1v) is 8.75. The average Bonchev–Trinajstić information content (AvgIpc) is 2.89. The van der Waals surface area contributed by atoms with Gasteiger partial charge in [-0.2, -0.15) is 9.40 Å². The Balaban J connectivity index is 2.96. The second-order valence-electron chi connectivity index (χ2n) is 5.21. The van der Waals surface area contributed by atoms with Gasteiger partial charge in [0, 0.05) is 31.7 Å². The zero-order valence-electron chi connectivity index (χ0n) is 13.4. The first kappa shape index (κ1) is 18.1. The molecule has 0 saturated heterocycles. The standard InChI is InChI=1S/C13H27N5O2S/c1-5-7-18(9-8-17(3)4)21(19,20)13-12(10-14-6-2)11-15-16-13/h11,14H,5-10H2,1-4H3,(H,15,16). The van der Waals surface area contributed by atoms with Crippen LogP contribution in [0.1, 0.15) is 25.8 Å². The van der Waals surface area contributed by atoms with Crippen molar-refractivity contribution in [3.05, 3.63) is 11.8 Å². The smallest absolute Gasteiger partial charge is 0.260 e. The van der Waals surface area contributed by atoms with Crippen LogP contribution in [0.5, 0.6) is 0 Å². The van der Waals surface area contributed by atoms with Crippen LogP contribution < -0.4 is 5.32 Å². The Hall–Kier alpha value is -0.960. The Morgan fingerprint density at radius 1 is 1.24 bits per heavy atom. The van der Waals surface area contributed by atoms with E-state index in [1.54, 1.807) is 6.20 Å².